The average Bonchev–Trinajstić information content (AvgIpc) is 3.37. The van der Waals surface area contributed by atoms with Crippen molar-refractivity contribution in [2.45, 2.75) is 57.9 Å². The molecule has 0 aromatic heterocycles. The van der Waals surface area contributed by atoms with Gasteiger partial charge in [-0.15, -0.1) is 6.58 Å². The zero-order valence-electron chi connectivity index (χ0n) is 17.0. The molecule has 0 aromatic rings. The van der Waals surface area contributed by atoms with Crippen molar-refractivity contribution in [1.82, 2.24) is 0 Å². The van der Waals surface area contributed by atoms with E-state index in [2.05, 4.69) is 13.2 Å². The van der Waals surface area contributed by atoms with Crippen LogP contribution in [-0.4, -0.2) is 54.7 Å². The Morgan fingerprint density at radius 3 is 2.48 bits per heavy atom. The third kappa shape index (κ3) is 2.69. The van der Waals surface area contributed by atoms with Crippen LogP contribution in [0.1, 0.15) is 27.7 Å². The van der Waals surface area contributed by atoms with Gasteiger partial charge in [0.25, 0.3) is 0 Å². The van der Waals surface area contributed by atoms with E-state index >= 15 is 0 Å². The summed E-state index contributed by atoms with van der Waals surface area (Å²) in [5.41, 5.74) is -1.52. The highest BCUT2D eigenvalue weighted by Crippen LogP contribution is 2.64. The Labute approximate surface area is 169 Å². The summed E-state index contributed by atoms with van der Waals surface area (Å²) < 4.78 is 28.9. The van der Waals surface area contributed by atoms with Crippen LogP contribution in [0.4, 0.5) is 0 Å². The van der Waals surface area contributed by atoms with Crippen molar-refractivity contribution in [3.05, 3.63) is 24.8 Å². The van der Waals surface area contributed by atoms with E-state index in [0.29, 0.717) is 0 Å². The molecule has 1 saturated carbocycles. The number of carbonyl (C=O) groups excluding carboxylic acids is 3. The van der Waals surface area contributed by atoms with E-state index in [1.807, 2.05) is 6.92 Å². The number of rotatable bonds is 4. The van der Waals surface area contributed by atoms with E-state index in [1.54, 1.807) is 19.9 Å². The molecule has 2 bridgehead atoms. The summed E-state index contributed by atoms with van der Waals surface area (Å²) in [5, 5.41) is 0. The summed E-state index contributed by atoms with van der Waals surface area (Å²) in [6.07, 6.45) is -1.45. The lowest BCUT2D eigenvalue weighted by Gasteiger charge is -2.59. The van der Waals surface area contributed by atoms with Gasteiger partial charge in [-0.2, -0.15) is 0 Å². The standard InChI is InChI=1S/C21H26O8/c1-7-20(6)15-13(27-17(23)9(2)3)12-10(4)18(24)28-14(12)16(20)29-19(26-11(5)22)21(15)8-25-21/h7,9,12-16,19H,1,4,8H2,2-3,5-6H3/t12-,13-,14-,15-,16+,19+,20-,21+/m0/s1. The fourth-order valence-electron chi connectivity index (χ4n) is 5.09. The van der Waals surface area contributed by atoms with Crippen molar-refractivity contribution in [1.29, 1.82) is 0 Å². The summed E-state index contributed by atoms with van der Waals surface area (Å²) in [6, 6.07) is 0. The highest BCUT2D eigenvalue weighted by atomic mass is 16.8. The number of epoxide rings is 1. The van der Waals surface area contributed by atoms with Crippen LogP contribution in [0, 0.1) is 23.2 Å². The molecule has 4 aliphatic rings. The lowest BCUT2D eigenvalue weighted by molar-refractivity contribution is -0.318. The second-order valence-electron chi connectivity index (χ2n) is 8.77. The molecule has 3 saturated heterocycles. The first-order chi connectivity index (χ1) is 13.6. The molecule has 4 fully saturated rings. The summed E-state index contributed by atoms with van der Waals surface area (Å²) in [5.74, 6) is -2.89. The van der Waals surface area contributed by atoms with Crippen molar-refractivity contribution in [3.63, 3.8) is 0 Å². The summed E-state index contributed by atoms with van der Waals surface area (Å²) >= 11 is 0. The Kier molecular flexibility index (Phi) is 4.44. The van der Waals surface area contributed by atoms with Gasteiger partial charge in [0.2, 0.25) is 6.29 Å². The second-order valence-corrected chi connectivity index (χ2v) is 8.77. The van der Waals surface area contributed by atoms with Gasteiger partial charge in [-0.3, -0.25) is 9.59 Å². The van der Waals surface area contributed by atoms with E-state index in [-0.39, 0.29) is 18.1 Å². The predicted molar refractivity (Wildman–Crippen MR) is 98.1 cm³/mol. The van der Waals surface area contributed by atoms with Crippen LogP contribution in [-0.2, 0) is 38.1 Å². The van der Waals surface area contributed by atoms with Crippen molar-refractivity contribution in [2.75, 3.05) is 6.61 Å². The van der Waals surface area contributed by atoms with Gasteiger partial charge in [-0.1, -0.05) is 33.4 Å². The maximum Gasteiger partial charge on any atom is 0.334 e. The second kappa shape index (κ2) is 6.40. The highest BCUT2D eigenvalue weighted by molar-refractivity contribution is 5.91. The third-order valence-corrected chi connectivity index (χ3v) is 6.64. The van der Waals surface area contributed by atoms with Crippen LogP contribution in [0.3, 0.4) is 0 Å². The van der Waals surface area contributed by atoms with Crippen molar-refractivity contribution < 1.29 is 38.1 Å². The zero-order valence-corrected chi connectivity index (χ0v) is 17.0. The normalized spacial score (nSPS) is 44.9. The van der Waals surface area contributed by atoms with Gasteiger partial charge in [0, 0.05) is 23.8 Å². The maximum atomic E-state index is 12.6. The predicted octanol–water partition coefficient (Wildman–Crippen LogP) is 1.53. The minimum absolute atomic E-state index is 0.239. The molecule has 0 N–H and O–H groups in total. The molecule has 4 rings (SSSR count). The molecule has 1 aliphatic carbocycles. The average molecular weight is 406 g/mol. The number of ether oxygens (including phenoxy) is 5. The van der Waals surface area contributed by atoms with Crippen LogP contribution in [0.15, 0.2) is 24.8 Å². The summed E-state index contributed by atoms with van der Waals surface area (Å²) in [4.78, 5) is 36.6. The molecule has 0 aromatic carbocycles. The van der Waals surface area contributed by atoms with Crippen LogP contribution in [0.2, 0.25) is 0 Å². The molecule has 0 unspecified atom stereocenters. The SMILES string of the molecule is C=C[C@]1(C)[C@@H]2O[C@@H](OC(C)=O)[C@@]3(CO3)[C@H]1[C@@H](OC(=O)C(C)C)[C@@H]1C(=C)C(=O)O[C@@H]12. The van der Waals surface area contributed by atoms with Gasteiger partial charge in [0.05, 0.1) is 18.4 Å². The smallest absolute Gasteiger partial charge is 0.334 e. The number of carbonyl (C=O) groups is 3. The Hall–Kier alpha value is -2.19. The quantitative estimate of drug-likeness (QED) is 0.228. The minimum atomic E-state index is -1.00. The van der Waals surface area contributed by atoms with E-state index in [0.717, 1.165) is 0 Å². The van der Waals surface area contributed by atoms with E-state index in [1.165, 1.54) is 6.92 Å². The molecule has 1 spiro atoms. The fourth-order valence-corrected chi connectivity index (χ4v) is 5.09. The number of hydrogen-bond acceptors (Lipinski definition) is 8. The summed E-state index contributed by atoms with van der Waals surface area (Å²) in [7, 11) is 0. The number of fused-ring (bicyclic) bond motifs is 5. The van der Waals surface area contributed by atoms with Gasteiger partial charge < -0.3 is 23.7 Å². The van der Waals surface area contributed by atoms with E-state index in [4.69, 9.17) is 23.7 Å². The number of hydrogen-bond donors (Lipinski definition) is 0. The molecular formula is C21H26O8. The Bertz CT molecular complexity index is 797. The highest BCUT2D eigenvalue weighted by Gasteiger charge is 2.78. The first-order valence-corrected chi connectivity index (χ1v) is 9.77. The monoisotopic (exact) mass is 406 g/mol. The third-order valence-electron chi connectivity index (χ3n) is 6.64. The Morgan fingerprint density at radius 2 is 1.97 bits per heavy atom. The lowest BCUT2D eigenvalue weighted by atomic mass is 9.54. The van der Waals surface area contributed by atoms with Gasteiger partial charge in [0.1, 0.15) is 18.3 Å². The molecule has 8 nitrogen and oxygen atoms in total. The van der Waals surface area contributed by atoms with Crippen LogP contribution in [0.25, 0.3) is 0 Å². The first kappa shape index (κ1) is 20.1. The molecule has 3 aliphatic heterocycles. The molecule has 8 atom stereocenters. The molecule has 29 heavy (non-hydrogen) atoms. The molecule has 0 amide bonds. The molecule has 8 heteroatoms. The molecule has 3 heterocycles. The van der Waals surface area contributed by atoms with Crippen molar-refractivity contribution >= 4 is 17.9 Å². The lowest BCUT2D eigenvalue weighted by Crippen LogP contribution is -2.71. The van der Waals surface area contributed by atoms with E-state index < -0.39 is 65.4 Å². The largest absolute Gasteiger partial charge is 0.461 e. The number of esters is 3. The van der Waals surface area contributed by atoms with Gasteiger partial charge in [-0.25, -0.2) is 4.79 Å². The molecule has 0 radical (unpaired) electrons. The van der Waals surface area contributed by atoms with Crippen LogP contribution >= 0.6 is 0 Å². The zero-order chi connectivity index (χ0) is 21.3. The maximum absolute atomic E-state index is 12.6. The Balaban J connectivity index is 1.85. The topological polar surface area (TPSA) is 101 Å². The van der Waals surface area contributed by atoms with Gasteiger partial charge in [0.15, 0.2) is 5.60 Å². The van der Waals surface area contributed by atoms with Gasteiger partial charge in [-0.05, 0) is 0 Å². The molecular weight excluding hydrogens is 380 g/mol. The van der Waals surface area contributed by atoms with Crippen molar-refractivity contribution in [2.24, 2.45) is 23.2 Å². The van der Waals surface area contributed by atoms with Crippen molar-refractivity contribution in [3.8, 4) is 0 Å². The van der Waals surface area contributed by atoms with Gasteiger partial charge >= 0.3 is 17.9 Å². The van der Waals surface area contributed by atoms with Crippen LogP contribution < -0.4 is 0 Å². The summed E-state index contributed by atoms with van der Waals surface area (Å²) in [6.45, 7) is 14.8. The first-order valence-electron chi connectivity index (χ1n) is 9.77. The fraction of sp³-hybridized carbons (Fsp3) is 0.667. The van der Waals surface area contributed by atoms with E-state index in [9.17, 15) is 14.4 Å². The van der Waals surface area contributed by atoms with Crippen LogP contribution in [0.5, 0.6) is 0 Å². The Morgan fingerprint density at radius 1 is 1.31 bits per heavy atom. The molecule has 158 valence electrons. The minimum Gasteiger partial charge on any atom is -0.461 e.